The lowest BCUT2D eigenvalue weighted by Gasteiger charge is -2.16. The summed E-state index contributed by atoms with van der Waals surface area (Å²) < 4.78 is 0. The van der Waals surface area contributed by atoms with Crippen molar-refractivity contribution in [2.24, 2.45) is 0 Å². The number of anilines is 2. The van der Waals surface area contributed by atoms with Gasteiger partial charge in [0, 0.05) is 24.0 Å². The third kappa shape index (κ3) is 3.62. The van der Waals surface area contributed by atoms with E-state index in [1.807, 2.05) is 13.0 Å². The predicted molar refractivity (Wildman–Crippen MR) is 58.0 cm³/mol. The van der Waals surface area contributed by atoms with E-state index < -0.39 is 0 Å². The van der Waals surface area contributed by atoms with Crippen LogP contribution >= 0.6 is 0 Å². The zero-order valence-electron chi connectivity index (χ0n) is 8.57. The average Bonchev–Trinajstić information content (AvgIpc) is 2.01. The molecule has 14 heavy (non-hydrogen) atoms. The molecule has 0 saturated carbocycles. The lowest BCUT2D eigenvalue weighted by atomic mass is 10.1. The molecular weight excluding hydrogens is 178 g/mol. The van der Waals surface area contributed by atoms with Crippen molar-refractivity contribution in [1.82, 2.24) is 4.98 Å². The van der Waals surface area contributed by atoms with Crippen LogP contribution in [0.25, 0.3) is 0 Å². The molecule has 4 heteroatoms. The summed E-state index contributed by atoms with van der Waals surface area (Å²) >= 11 is 0. The number of nitrogens with one attached hydrogen (secondary N) is 1. The largest absolute Gasteiger partial charge is 0.393 e. The first-order chi connectivity index (χ1) is 6.58. The van der Waals surface area contributed by atoms with Gasteiger partial charge in [-0.2, -0.15) is 0 Å². The third-order valence-corrected chi connectivity index (χ3v) is 1.89. The van der Waals surface area contributed by atoms with Crippen LogP contribution in [0.4, 0.5) is 11.5 Å². The highest BCUT2D eigenvalue weighted by atomic mass is 16.3. The summed E-state index contributed by atoms with van der Waals surface area (Å²) in [6.45, 7) is 3.79. The summed E-state index contributed by atoms with van der Waals surface area (Å²) in [7, 11) is 0. The summed E-state index contributed by atoms with van der Waals surface area (Å²) in [5, 5.41) is 12.4. The quantitative estimate of drug-likeness (QED) is 0.676. The predicted octanol–water partition coefficient (Wildman–Crippen LogP) is 1.24. The lowest BCUT2D eigenvalue weighted by Crippen LogP contribution is -2.20. The van der Waals surface area contributed by atoms with Crippen LogP contribution < -0.4 is 11.1 Å². The Morgan fingerprint density at radius 3 is 2.86 bits per heavy atom. The third-order valence-electron chi connectivity index (χ3n) is 1.89. The van der Waals surface area contributed by atoms with Gasteiger partial charge in [0.2, 0.25) is 0 Å². The van der Waals surface area contributed by atoms with Gasteiger partial charge < -0.3 is 16.2 Å². The molecular formula is C10H17N3O. The highest BCUT2D eigenvalue weighted by Gasteiger charge is 2.05. The monoisotopic (exact) mass is 195 g/mol. The number of aromatic nitrogens is 1. The Labute approximate surface area is 84.2 Å². The summed E-state index contributed by atoms with van der Waals surface area (Å²) in [6, 6.07) is 3.85. The Kier molecular flexibility index (Phi) is 3.71. The fraction of sp³-hybridized carbons (Fsp3) is 0.500. The van der Waals surface area contributed by atoms with E-state index in [0.717, 1.165) is 5.69 Å². The van der Waals surface area contributed by atoms with Gasteiger partial charge >= 0.3 is 0 Å². The zero-order valence-corrected chi connectivity index (χ0v) is 8.57. The second-order valence-corrected chi connectivity index (χ2v) is 3.60. The van der Waals surface area contributed by atoms with Gasteiger partial charge in [-0.05, 0) is 26.3 Å². The molecule has 0 aliphatic heterocycles. The molecule has 0 spiro atoms. The van der Waals surface area contributed by atoms with E-state index in [4.69, 9.17) is 5.73 Å². The Bertz CT molecular complexity index is 288. The Morgan fingerprint density at radius 2 is 2.29 bits per heavy atom. The van der Waals surface area contributed by atoms with Gasteiger partial charge in [0.05, 0.1) is 6.10 Å². The van der Waals surface area contributed by atoms with Crippen molar-refractivity contribution >= 4 is 11.5 Å². The first-order valence-corrected chi connectivity index (χ1v) is 4.74. The smallest absolute Gasteiger partial charge is 0.125 e. The van der Waals surface area contributed by atoms with Gasteiger partial charge in [-0.25, -0.2) is 4.98 Å². The van der Waals surface area contributed by atoms with E-state index in [2.05, 4.69) is 10.3 Å². The number of pyridine rings is 1. The summed E-state index contributed by atoms with van der Waals surface area (Å²) in [4.78, 5) is 3.90. The maximum absolute atomic E-state index is 9.18. The summed E-state index contributed by atoms with van der Waals surface area (Å²) in [6.07, 6.45) is 2.08. The molecule has 2 atom stereocenters. The fourth-order valence-electron chi connectivity index (χ4n) is 1.39. The molecule has 1 rings (SSSR count). The highest BCUT2D eigenvalue weighted by molar-refractivity contribution is 5.50. The molecule has 2 unspecified atom stereocenters. The van der Waals surface area contributed by atoms with Crippen molar-refractivity contribution in [3.63, 3.8) is 0 Å². The van der Waals surface area contributed by atoms with Crippen LogP contribution in [0.15, 0.2) is 18.3 Å². The summed E-state index contributed by atoms with van der Waals surface area (Å²) in [5.41, 5.74) is 6.47. The summed E-state index contributed by atoms with van der Waals surface area (Å²) in [5.74, 6) is 0.499. The SMILES string of the molecule is CC(O)CC(C)Nc1ccnc(N)c1. The Hall–Kier alpha value is -1.29. The molecule has 0 aliphatic rings. The van der Waals surface area contributed by atoms with Crippen molar-refractivity contribution in [3.05, 3.63) is 18.3 Å². The van der Waals surface area contributed by atoms with E-state index in [9.17, 15) is 5.11 Å². The molecule has 78 valence electrons. The van der Waals surface area contributed by atoms with E-state index in [1.165, 1.54) is 0 Å². The average molecular weight is 195 g/mol. The fourth-order valence-corrected chi connectivity index (χ4v) is 1.39. The van der Waals surface area contributed by atoms with E-state index in [0.29, 0.717) is 12.2 Å². The van der Waals surface area contributed by atoms with Crippen LogP contribution in [-0.2, 0) is 0 Å². The van der Waals surface area contributed by atoms with Crippen molar-refractivity contribution in [1.29, 1.82) is 0 Å². The second-order valence-electron chi connectivity index (χ2n) is 3.60. The van der Waals surface area contributed by atoms with Gasteiger partial charge in [-0.15, -0.1) is 0 Å². The lowest BCUT2D eigenvalue weighted by molar-refractivity contribution is 0.179. The number of hydrogen-bond donors (Lipinski definition) is 3. The molecule has 0 aliphatic carbocycles. The van der Waals surface area contributed by atoms with Gasteiger partial charge in [-0.1, -0.05) is 0 Å². The van der Waals surface area contributed by atoms with E-state index in [-0.39, 0.29) is 12.1 Å². The molecule has 4 N–H and O–H groups in total. The number of aliphatic hydroxyl groups excluding tert-OH is 1. The Morgan fingerprint density at radius 1 is 1.57 bits per heavy atom. The van der Waals surface area contributed by atoms with Crippen LogP contribution in [0, 0.1) is 0 Å². The number of aliphatic hydroxyl groups is 1. The van der Waals surface area contributed by atoms with Crippen LogP contribution in [-0.4, -0.2) is 22.2 Å². The van der Waals surface area contributed by atoms with Crippen LogP contribution in [0.1, 0.15) is 20.3 Å². The van der Waals surface area contributed by atoms with Crippen LogP contribution in [0.3, 0.4) is 0 Å². The van der Waals surface area contributed by atoms with Gasteiger partial charge in [0.15, 0.2) is 0 Å². The molecule has 0 bridgehead atoms. The molecule has 1 aromatic heterocycles. The van der Waals surface area contributed by atoms with Crippen LogP contribution in [0.5, 0.6) is 0 Å². The molecule has 0 amide bonds. The first kappa shape index (κ1) is 10.8. The van der Waals surface area contributed by atoms with Gasteiger partial charge in [-0.3, -0.25) is 0 Å². The van der Waals surface area contributed by atoms with Gasteiger partial charge in [0.25, 0.3) is 0 Å². The number of nitrogens with two attached hydrogens (primary N) is 1. The maximum Gasteiger partial charge on any atom is 0.125 e. The minimum Gasteiger partial charge on any atom is -0.393 e. The molecule has 4 nitrogen and oxygen atoms in total. The molecule has 1 aromatic rings. The number of nitrogens with zero attached hydrogens (tertiary/aromatic N) is 1. The molecule has 0 radical (unpaired) electrons. The van der Waals surface area contributed by atoms with Crippen molar-refractivity contribution in [2.75, 3.05) is 11.1 Å². The molecule has 0 fully saturated rings. The first-order valence-electron chi connectivity index (χ1n) is 4.74. The number of hydrogen-bond acceptors (Lipinski definition) is 4. The highest BCUT2D eigenvalue weighted by Crippen LogP contribution is 2.12. The second kappa shape index (κ2) is 4.81. The normalized spacial score (nSPS) is 14.8. The number of nitrogen functional groups attached to an aromatic ring is 1. The van der Waals surface area contributed by atoms with E-state index in [1.54, 1.807) is 19.2 Å². The minimum atomic E-state index is -0.295. The molecule has 0 aromatic carbocycles. The van der Waals surface area contributed by atoms with E-state index >= 15 is 0 Å². The zero-order chi connectivity index (χ0) is 10.6. The van der Waals surface area contributed by atoms with Crippen molar-refractivity contribution < 1.29 is 5.11 Å². The topological polar surface area (TPSA) is 71.2 Å². The standard InChI is InChI=1S/C10H17N3O/c1-7(5-8(2)14)13-9-3-4-12-10(11)6-9/h3-4,6-8,14H,5H2,1-2H3,(H3,11,12,13). The number of rotatable bonds is 4. The maximum atomic E-state index is 9.18. The Balaban J connectivity index is 2.51. The van der Waals surface area contributed by atoms with Gasteiger partial charge in [0.1, 0.15) is 5.82 Å². The molecule has 0 saturated heterocycles. The minimum absolute atomic E-state index is 0.219. The van der Waals surface area contributed by atoms with Crippen molar-refractivity contribution in [3.8, 4) is 0 Å². The van der Waals surface area contributed by atoms with Crippen LogP contribution in [0.2, 0.25) is 0 Å². The van der Waals surface area contributed by atoms with Crippen molar-refractivity contribution in [2.45, 2.75) is 32.4 Å². The molecule has 1 heterocycles.